The molecule has 0 unspecified atom stereocenters. The van der Waals surface area contributed by atoms with E-state index in [1.54, 1.807) is 31.2 Å². The SMILES string of the molecule is CCOC(=O)Cn1nnn(-c2ccc(Br)cc2)c1=O. The standard InChI is InChI=1S/C11H11BrN4O3/c1-2-19-10(17)7-15-11(18)16(14-13-15)9-5-3-8(12)4-6-9/h3-6H,2,7H2,1H3. The lowest BCUT2D eigenvalue weighted by Crippen LogP contribution is -2.28. The Morgan fingerprint density at radius 1 is 1.32 bits per heavy atom. The molecule has 0 aliphatic heterocycles. The molecule has 0 N–H and O–H groups in total. The van der Waals surface area contributed by atoms with Gasteiger partial charge in [-0.25, -0.2) is 4.79 Å². The normalized spacial score (nSPS) is 10.4. The molecule has 0 radical (unpaired) electrons. The van der Waals surface area contributed by atoms with Gasteiger partial charge in [-0.2, -0.15) is 9.36 Å². The predicted molar refractivity (Wildman–Crippen MR) is 70.0 cm³/mol. The molecule has 0 fully saturated rings. The topological polar surface area (TPSA) is 79.0 Å². The first-order chi connectivity index (χ1) is 9.11. The summed E-state index contributed by atoms with van der Waals surface area (Å²) in [4.78, 5) is 23.3. The maximum Gasteiger partial charge on any atom is 0.369 e. The second-order valence-electron chi connectivity index (χ2n) is 3.61. The summed E-state index contributed by atoms with van der Waals surface area (Å²) in [7, 11) is 0. The quantitative estimate of drug-likeness (QED) is 0.775. The third kappa shape index (κ3) is 3.08. The van der Waals surface area contributed by atoms with Gasteiger partial charge in [0.1, 0.15) is 6.54 Å². The van der Waals surface area contributed by atoms with Gasteiger partial charge in [-0.3, -0.25) is 4.79 Å². The highest BCUT2D eigenvalue weighted by Crippen LogP contribution is 2.11. The van der Waals surface area contributed by atoms with Crippen LogP contribution < -0.4 is 5.69 Å². The maximum absolute atomic E-state index is 12.0. The first-order valence-corrected chi connectivity index (χ1v) is 6.35. The highest BCUT2D eigenvalue weighted by molar-refractivity contribution is 9.10. The number of hydrogen-bond donors (Lipinski definition) is 0. The van der Waals surface area contributed by atoms with E-state index in [-0.39, 0.29) is 13.2 Å². The van der Waals surface area contributed by atoms with Gasteiger partial charge >= 0.3 is 11.7 Å². The van der Waals surface area contributed by atoms with Gasteiger partial charge in [-0.15, -0.1) is 0 Å². The molecule has 0 saturated carbocycles. The van der Waals surface area contributed by atoms with Crippen molar-refractivity contribution < 1.29 is 9.53 Å². The van der Waals surface area contributed by atoms with E-state index < -0.39 is 11.7 Å². The van der Waals surface area contributed by atoms with Crippen LogP contribution in [0.1, 0.15) is 6.92 Å². The lowest BCUT2D eigenvalue weighted by Gasteiger charge is -1.99. The number of nitrogens with zero attached hydrogens (tertiary/aromatic N) is 4. The first-order valence-electron chi connectivity index (χ1n) is 5.56. The van der Waals surface area contributed by atoms with E-state index in [1.165, 1.54) is 0 Å². The summed E-state index contributed by atoms with van der Waals surface area (Å²) >= 11 is 3.30. The zero-order chi connectivity index (χ0) is 13.8. The summed E-state index contributed by atoms with van der Waals surface area (Å²) in [5.41, 5.74) is 0.0821. The van der Waals surface area contributed by atoms with Crippen LogP contribution in [0.4, 0.5) is 0 Å². The van der Waals surface area contributed by atoms with Crippen LogP contribution in [0.3, 0.4) is 0 Å². The second kappa shape index (κ2) is 5.79. The first kappa shape index (κ1) is 13.5. The van der Waals surface area contributed by atoms with E-state index in [2.05, 4.69) is 26.4 Å². The minimum absolute atomic E-state index is 0.247. The van der Waals surface area contributed by atoms with Crippen molar-refractivity contribution in [2.75, 3.05) is 6.61 Å². The molecule has 0 aliphatic rings. The molecular weight excluding hydrogens is 316 g/mol. The molecule has 1 aromatic heterocycles. The molecule has 0 spiro atoms. The van der Waals surface area contributed by atoms with E-state index in [9.17, 15) is 9.59 Å². The lowest BCUT2D eigenvalue weighted by atomic mass is 10.3. The molecule has 19 heavy (non-hydrogen) atoms. The number of hydrogen-bond acceptors (Lipinski definition) is 5. The van der Waals surface area contributed by atoms with Gasteiger partial charge in [-0.1, -0.05) is 15.9 Å². The zero-order valence-corrected chi connectivity index (χ0v) is 11.7. The Morgan fingerprint density at radius 2 is 2.00 bits per heavy atom. The van der Waals surface area contributed by atoms with Gasteiger partial charge in [0, 0.05) is 4.47 Å². The van der Waals surface area contributed by atoms with Crippen molar-refractivity contribution in [3.8, 4) is 5.69 Å². The molecule has 0 amide bonds. The van der Waals surface area contributed by atoms with Crippen LogP contribution in [-0.4, -0.2) is 32.4 Å². The van der Waals surface area contributed by atoms with Crippen molar-refractivity contribution in [3.63, 3.8) is 0 Å². The van der Waals surface area contributed by atoms with Gasteiger partial charge in [0.2, 0.25) is 0 Å². The van der Waals surface area contributed by atoms with Crippen molar-refractivity contribution in [1.82, 2.24) is 19.8 Å². The Morgan fingerprint density at radius 3 is 2.63 bits per heavy atom. The highest BCUT2D eigenvalue weighted by Gasteiger charge is 2.12. The summed E-state index contributed by atoms with van der Waals surface area (Å²) in [6.45, 7) is 1.71. The largest absolute Gasteiger partial charge is 0.465 e. The molecular formula is C11H11BrN4O3. The molecule has 0 bridgehead atoms. The molecule has 1 heterocycles. The Kier molecular flexibility index (Phi) is 4.10. The Bertz CT molecular complexity index is 632. The lowest BCUT2D eigenvalue weighted by molar-refractivity contribution is -0.144. The van der Waals surface area contributed by atoms with E-state index in [4.69, 9.17) is 4.74 Å². The molecule has 7 nitrogen and oxygen atoms in total. The van der Waals surface area contributed by atoms with E-state index >= 15 is 0 Å². The summed E-state index contributed by atoms with van der Waals surface area (Å²) < 4.78 is 7.72. The zero-order valence-electron chi connectivity index (χ0n) is 10.1. The summed E-state index contributed by atoms with van der Waals surface area (Å²) in [5.74, 6) is -0.521. The van der Waals surface area contributed by atoms with Crippen molar-refractivity contribution in [2.45, 2.75) is 13.5 Å². The monoisotopic (exact) mass is 326 g/mol. The Balaban J connectivity index is 2.25. The smallest absolute Gasteiger partial charge is 0.369 e. The number of tetrazole rings is 1. The number of carbonyl (C=O) groups excluding carboxylic acids is 1. The summed E-state index contributed by atoms with van der Waals surface area (Å²) in [6, 6.07) is 7.00. The molecule has 8 heteroatoms. The van der Waals surface area contributed by atoms with Crippen LogP contribution in [0.15, 0.2) is 33.5 Å². The second-order valence-corrected chi connectivity index (χ2v) is 4.53. The molecule has 1 aromatic carbocycles. The fourth-order valence-corrected chi connectivity index (χ4v) is 1.71. The average Bonchev–Trinajstić information content (AvgIpc) is 2.73. The number of aromatic nitrogens is 4. The van der Waals surface area contributed by atoms with E-state index in [0.717, 1.165) is 13.8 Å². The maximum atomic E-state index is 12.0. The number of ether oxygens (including phenoxy) is 1. The van der Waals surface area contributed by atoms with Crippen molar-refractivity contribution in [3.05, 3.63) is 39.2 Å². The van der Waals surface area contributed by atoms with Crippen molar-refractivity contribution in [1.29, 1.82) is 0 Å². The number of carbonyl (C=O) groups is 1. The van der Waals surface area contributed by atoms with Gasteiger partial charge in [0.25, 0.3) is 0 Å². The average molecular weight is 327 g/mol. The van der Waals surface area contributed by atoms with Crippen LogP contribution in [0.5, 0.6) is 0 Å². The van der Waals surface area contributed by atoms with Crippen molar-refractivity contribution >= 4 is 21.9 Å². The van der Waals surface area contributed by atoms with Crippen LogP contribution in [0.25, 0.3) is 5.69 Å². The number of rotatable bonds is 4. The molecule has 100 valence electrons. The number of halogens is 1. The molecule has 0 aliphatic carbocycles. The van der Waals surface area contributed by atoms with E-state index in [1.807, 2.05) is 0 Å². The van der Waals surface area contributed by atoms with Gasteiger partial charge in [0.15, 0.2) is 0 Å². The minimum Gasteiger partial charge on any atom is -0.465 e. The number of benzene rings is 1. The fourth-order valence-electron chi connectivity index (χ4n) is 1.45. The third-order valence-electron chi connectivity index (χ3n) is 2.29. The molecule has 2 rings (SSSR count). The van der Waals surface area contributed by atoms with Gasteiger partial charge in [0.05, 0.1) is 12.3 Å². The molecule has 0 atom stereocenters. The van der Waals surface area contributed by atoms with Gasteiger partial charge < -0.3 is 4.74 Å². The highest BCUT2D eigenvalue weighted by atomic mass is 79.9. The summed E-state index contributed by atoms with van der Waals surface area (Å²) in [6.07, 6.45) is 0. The van der Waals surface area contributed by atoms with Gasteiger partial charge in [-0.05, 0) is 41.6 Å². The van der Waals surface area contributed by atoms with Crippen LogP contribution in [-0.2, 0) is 16.1 Å². The van der Waals surface area contributed by atoms with Crippen LogP contribution in [0.2, 0.25) is 0 Å². The van der Waals surface area contributed by atoms with Crippen LogP contribution in [0, 0.1) is 0 Å². The predicted octanol–water partition coefficient (Wildman–Crippen LogP) is 0.755. The Labute approximate surface area is 116 Å². The molecule has 2 aromatic rings. The van der Waals surface area contributed by atoms with Crippen LogP contribution >= 0.6 is 15.9 Å². The number of esters is 1. The third-order valence-corrected chi connectivity index (χ3v) is 2.82. The van der Waals surface area contributed by atoms with Crippen molar-refractivity contribution in [2.24, 2.45) is 0 Å². The molecule has 0 saturated heterocycles. The Hall–Kier alpha value is -1.96. The van der Waals surface area contributed by atoms with E-state index in [0.29, 0.717) is 5.69 Å². The summed E-state index contributed by atoms with van der Waals surface area (Å²) in [5, 5.41) is 7.36. The fraction of sp³-hybridized carbons (Fsp3) is 0.273. The minimum atomic E-state index is -0.521.